The second kappa shape index (κ2) is 9.55. The standard InChI is InChI=1S/C23H31FN4O5S/c1-22(2,3)33-21(29)28-19(11-24)20(32-23(28,4)5)16-9-7-15(8-10-16)18-14-25-17(12-26-18)13-27-34(6,30)31/h7-10,12,14,19-20,27H,11,13H2,1-6H3. The summed E-state index contributed by atoms with van der Waals surface area (Å²) < 4.78 is 50.5. The number of nitrogens with one attached hydrogen (secondary N) is 1. The van der Waals surface area contributed by atoms with Crippen LogP contribution in [-0.2, 0) is 26.0 Å². The Morgan fingerprint density at radius 2 is 1.85 bits per heavy atom. The van der Waals surface area contributed by atoms with Gasteiger partial charge >= 0.3 is 6.09 Å². The van der Waals surface area contributed by atoms with Crippen LogP contribution in [-0.4, -0.2) is 59.7 Å². The fourth-order valence-corrected chi connectivity index (χ4v) is 4.14. The second-order valence-corrected chi connectivity index (χ2v) is 11.5. The maximum atomic E-state index is 14.1. The third-order valence-electron chi connectivity index (χ3n) is 5.18. The lowest BCUT2D eigenvalue weighted by molar-refractivity contribution is -0.0797. The van der Waals surface area contributed by atoms with Crippen LogP contribution in [0.1, 0.15) is 52.0 Å². The molecule has 1 N–H and O–H groups in total. The first-order valence-corrected chi connectivity index (χ1v) is 12.7. The first-order chi connectivity index (χ1) is 15.7. The molecule has 2 atom stereocenters. The number of sulfonamides is 1. The fourth-order valence-electron chi connectivity index (χ4n) is 3.73. The van der Waals surface area contributed by atoms with Gasteiger partial charge in [-0.15, -0.1) is 0 Å². The van der Waals surface area contributed by atoms with E-state index in [9.17, 15) is 17.6 Å². The number of amides is 1. The lowest BCUT2D eigenvalue weighted by Crippen LogP contribution is -2.50. The molecule has 3 rings (SSSR count). The molecule has 1 amide bonds. The minimum absolute atomic E-state index is 0.0542. The number of carbonyl (C=O) groups is 1. The number of carbonyl (C=O) groups excluding carboxylic acids is 1. The Bertz CT molecular complexity index is 1120. The fraction of sp³-hybridized carbons (Fsp3) is 0.522. The molecule has 1 aromatic carbocycles. The molecule has 1 aromatic heterocycles. The molecule has 2 unspecified atom stereocenters. The van der Waals surface area contributed by atoms with Gasteiger partial charge in [0.1, 0.15) is 24.1 Å². The molecule has 0 radical (unpaired) electrons. The van der Waals surface area contributed by atoms with E-state index in [4.69, 9.17) is 9.47 Å². The van der Waals surface area contributed by atoms with Gasteiger partial charge in [-0.3, -0.25) is 14.9 Å². The van der Waals surface area contributed by atoms with Gasteiger partial charge in [-0.25, -0.2) is 22.3 Å². The highest BCUT2D eigenvalue weighted by Gasteiger charge is 2.51. The van der Waals surface area contributed by atoms with Crippen LogP contribution in [0.4, 0.5) is 9.18 Å². The summed E-state index contributed by atoms with van der Waals surface area (Å²) in [5, 5.41) is 0. The summed E-state index contributed by atoms with van der Waals surface area (Å²) >= 11 is 0. The van der Waals surface area contributed by atoms with E-state index in [1.165, 1.54) is 11.1 Å². The van der Waals surface area contributed by atoms with Crippen LogP contribution in [0.2, 0.25) is 0 Å². The molecule has 0 aliphatic carbocycles. The van der Waals surface area contributed by atoms with Crippen molar-refractivity contribution in [3.8, 4) is 11.3 Å². The van der Waals surface area contributed by atoms with Crippen LogP contribution in [0.15, 0.2) is 36.7 Å². The van der Waals surface area contributed by atoms with Gasteiger partial charge in [0.15, 0.2) is 0 Å². The van der Waals surface area contributed by atoms with Crippen LogP contribution in [0.5, 0.6) is 0 Å². The Balaban J connectivity index is 1.78. The Labute approximate surface area is 199 Å². The van der Waals surface area contributed by atoms with Gasteiger partial charge in [0.25, 0.3) is 0 Å². The molecular weight excluding hydrogens is 463 g/mol. The summed E-state index contributed by atoms with van der Waals surface area (Å²) in [7, 11) is -3.32. The van der Waals surface area contributed by atoms with Crippen molar-refractivity contribution in [2.24, 2.45) is 0 Å². The topological polar surface area (TPSA) is 111 Å². The van der Waals surface area contributed by atoms with E-state index in [-0.39, 0.29) is 6.54 Å². The summed E-state index contributed by atoms with van der Waals surface area (Å²) in [6.07, 6.45) is 2.84. The van der Waals surface area contributed by atoms with Gasteiger partial charge in [0.2, 0.25) is 10.0 Å². The van der Waals surface area contributed by atoms with Crippen molar-refractivity contribution < 1.29 is 27.1 Å². The monoisotopic (exact) mass is 494 g/mol. The number of nitrogens with zero attached hydrogens (tertiary/aromatic N) is 3. The normalized spacial score (nSPS) is 20.4. The minimum Gasteiger partial charge on any atom is -0.444 e. The molecule has 34 heavy (non-hydrogen) atoms. The smallest absolute Gasteiger partial charge is 0.413 e. The predicted molar refractivity (Wildman–Crippen MR) is 125 cm³/mol. The van der Waals surface area contributed by atoms with Crippen molar-refractivity contribution in [1.82, 2.24) is 19.6 Å². The Hall–Kier alpha value is -2.63. The number of benzene rings is 1. The van der Waals surface area contributed by atoms with Gasteiger partial charge in [0.05, 0.1) is 42.6 Å². The second-order valence-electron chi connectivity index (χ2n) is 9.67. The Kier molecular flexibility index (Phi) is 7.30. The summed E-state index contributed by atoms with van der Waals surface area (Å²) in [6.45, 7) is 7.96. The van der Waals surface area contributed by atoms with Crippen molar-refractivity contribution in [3.05, 3.63) is 47.9 Å². The number of rotatable bonds is 6. The molecule has 0 bridgehead atoms. The van der Waals surface area contributed by atoms with Crippen LogP contribution in [0.3, 0.4) is 0 Å². The van der Waals surface area contributed by atoms with Gasteiger partial charge in [-0.1, -0.05) is 24.3 Å². The molecule has 0 saturated carbocycles. The third kappa shape index (κ3) is 6.28. The highest BCUT2D eigenvalue weighted by atomic mass is 32.2. The van der Waals surface area contributed by atoms with Crippen molar-refractivity contribution in [3.63, 3.8) is 0 Å². The first-order valence-electron chi connectivity index (χ1n) is 10.8. The summed E-state index contributed by atoms with van der Waals surface area (Å²) in [6, 6.07) is 6.40. The van der Waals surface area contributed by atoms with Gasteiger partial charge in [-0.05, 0) is 40.2 Å². The van der Waals surface area contributed by atoms with E-state index in [0.29, 0.717) is 17.0 Å². The van der Waals surface area contributed by atoms with E-state index in [0.717, 1.165) is 11.8 Å². The van der Waals surface area contributed by atoms with Crippen LogP contribution in [0, 0.1) is 0 Å². The lowest BCUT2D eigenvalue weighted by Gasteiger charge is -2.34. The van der Waals surface area contributed by atoms with E-state index >= 15 is 0 Å². The van der Waals surface area contributed by atoms with Crippen molar-refractivity contribution in [2.75, 3.05) is 12.9 Å². The third-order valence-corrected chi connectivity index (χ3v) is 5.85. The number of aromatic nitrogens is 2. The zero-order chi connectivity index (χ0) is 25.3. The van der Waals surface area contributed by atoms with Crippen molar-refractivity contribution >= 4 is 16.1 Å². The largest absolute Gasteiger partial charge is 0.444 e. The molecule has 1 saturated heterocycles. The molecule has 1 fully saturated rings. The number of ether oxygens (including phenoxy) is 2. The van der Waals surface area contributed by atoms with E-state index in [1.54, 1.807) is 52.9 Å². The maximum Gasteiger partial charge on any atom is 0.413 e. The van der Waals surface area contributed by atoms with Crippen LogP contribution >= 0.6 is 0 Å². The van der Waals surface area contributed by atoms with E-state index in [2.05, 4.69) is 14.7 Å². The number of hydrogen-bond donors (Lipinski definition) is 1. The van der Waals surface area contributed by atoms with Gasteiger partial charge in [0, 0.05) is 5.56 Å². The quantitative estimate of drug-likeness (QED) is 0.653. The Morgan fingerprint density at radius 1 is 1.21 bits per heavy atom. The zero-order valence-electron chi connectivity index (χ0n) is 20.2. The molecule has 1 aliphatic heterocycles. The van der Waals surface area contributed by atoms with Crippen LogP contribution < -0.4 is 4.72 Å². The van der Waals surface area contributed by atoms with Gasteiger partial charge < -0.3 is 9.47 Å². The van der Waals surface area contributed by atoms with Crippen molar-refractivity contribution in [2.45, 2.75) is 64.6 Å². The Morgan fingerprint density at radius 3 is 2.35 bits per heavy atom. The molecule has 0 spiro atoms. The molecule has 1 aliphatic rings. The zero-order valence-corrected chi connectivity index (χ0v) is 21.0. The number of hydrogen-bond acceptors (Lipinski definition) is 7. The van der Waals surface area contributed by atoms with Gasteiger partial charge in [-0.2, -0.15) is 0 Å². The molecule has 9 nitrogen and oxygen atoms in total. The SMILES string of the molecule is CC(C)(C)OC(=O)N1C(CF)C(c2ccc(-c3cnc(CNS(C)(=O)=O)cn3)cc2)OC1(C)C. The molecular formula is C23H31FN4O5S. The molecule has 11 heteroatoms. The van der Waals surface area contributed by atoms with Crippen molar-refractivity contribution in [1.29, 1.82) is 0 Å². The lowest BCUT2D eigenvalue weighted by atomic mass is 10.0. The summed E-state index contributed by atoms with van der Waals surface area (Å²) in [5.74, 6) is 0. The molecule has 2 aromatic rings. The number of alkyl halides is 1. The average molecular weight is 495 g/mol. The molecule has 186 valence electrons. The highest BCUT2D eigenvalue weighted by molar-refractivity contribution is 7.88. The number of halogens is 1. The van der Waals surface area contributed by atoms with E-state index < -0.39 is 46.3 Å². The summed E-state index contributed by atoms with van der Waals surface area (Å²) in [5.41, 5.74) is 0.805. The molecule has 2 heterocycles. The highest BCUT2D eigenvalue weighted by Crippen LogP contribution is 2.42. The predicted octanol–water partition coefficient (Wildman–Crippen LogP) is 3.58. The minimum atomic E-state index is -3.32. The average Bonchev–Trinajstić information content (AvgIpc) is 3.01. The van der Waals surface area contributed by atoms with E-state index in [1.807, 2.05) is 12.1 Å². The first kappa shape index (κ1) is 26.0. The maximum absolute atomic E-state index is 14.1. The summed E-state index contributed by atoms with van der Waals surface area (Å²) in [4.78, 5) is 22.7. The van der Waals surface area contributed by atoms with Crippen LogP contribution in [0.25, 0.3) is 11.3 Å².